The minimum absolute atomic E-state index is 0.00147. The zero-order valence-corrected chi connectivity index (χ0v) is 26.9. The summed E-state index contributed by atoms with van der Waals surface area (Å²) in [6.45, 7) is 3.23. The molecule has 3 aromatic rings. The molecule has 12 nitrogen and oxygen atoms in total. The minimum atomic E-state index is -3.35. The fourth-order valence-corrected chi connectivity index (χ4v) is 6.89. The van der Waals surface area contributed by atoms with E-state index in [9.17, 15) is 13.2 Å². The maximum absolute atomic E-state index is 12.7. The molecule has 238 valence electrons. The quantitative estimate of drug-likeness (QED) is 0.214. The van der Waals surface area contributed by atoms with Gasteiger partial charge >= 0.3 is 0 Å². The Morgan fingerprint density at radius 1 is 1.07 bits per heavy atom. The molecule has 3 heterocycles. The highest BCUT2D eigenvalue weighted by Crippen LogP contribution is 2.54. The number of nitrogens with one attached hydrogen (secondary N) is 1. The molecule has 45 heavy (non-hydrogen) atoms. The zero-order valence-electron chi connectivity index (χ0n) is 26.1. The molecular weight excluding hydrogens is 594 g/mol. The molecule has 3 aliphatic rings. The first-order valence-corrected chi connectivity index (χ1v) is 17.1. The summed E-state index contributed by atoms with van der Waals surface area (Å²) in [6, 6.07) is 3.16. The van der Waals surface area contributed by atoms with Gasteiger partial charge in [-0.3, -0.25) is 9.78 Å². The SMILES string of the molecule is CCS(=O)(=O)c1ccc(CN/C(=N/c2cnc(-c3c(OC)ncnc3C3CC3)nc2C[C@@H]2CC2[C@H]2C[C@@H](OC)C2)C(C)=O)nc1. The van der Waals surface area contributed by atoms with E-state index in [2.05, 4.69) is 25.3 Å². The van der Waals surface area contributed by atoms with Crippen LogP contribution < -0.4 is 10.1 Å². The van der Waals surface area contributed by atoms with E-state index in [1.807, 2.05) is 0 Å². The number of aromatic nitrogens is 5. The third-order valence-electron chi connectivity index (χ3n) is 9.11. The van der Waals surface area contributed by atoms with E-state index in [0.717, 1.165) is 43.5 Å². The lowest BCUT2D eigenvalue weighted by atomic mass is 9.78. The van der Waals surface area contributed by atoms with Crippen LogP contribution in [0.5, 0.6) is 5.88 Å². The van der Waals surface area contributed by atoms with Crippen molar-refractivity contribution in [2.24, 2.45) is 22.7 Å². The zero-order chi connectivity index (χ0) is 31.7. The molecule has 0 aromatic carbocycles. The highest BCUT2D eigenvalue weighted by Gasteiger charge is 2.48. The Labute approximate surface area is 263 Å². The summed E-state index contributed by atoms with van der Waals surface area (Å²) in [4.78, 5) is 40.5. The van der Waals surface area contributed by atoms with Gasteiger partial charge in [-0.2, -0.15) is 0 Å². The van der Waals surface area contributed by atoms with E-state index in [-0.39, 0.29) is 28.8 Å². The predicted molar refractivity (Wildman–Crippen MR) is 167 cm³/mol. The van der Waals surface area contributed by atoms with Gasteiger partial charge in [-0.15, -0.1) is 0 Å². The number of ketones is 1. The van der Waals surface area contributed by atoms with E-state index in [1.165, 1.54) is 25.5 Å². The minimum Gasteiger partial charge on any atom is -0.480 e. The van der Waals surface area contributed by atoms with Crippen molar-refractivity contribution < 1.29 is 22.7 Å². The Morgan fingerprint density at radius 3 is 2.51 bits per heavy atom. The Bertz CT molecular complexity index is 1700. The summed E-state index contributed by atoms with van der Waals surface area (Å²) < 4.78 is 35.4. The number of pyridine rings is 1. The number of nitrogens with zero attached hydrogens (tertiary/aromatic N) is 6. The number of methoxy groups -OCH3 is 2. The maximum Gasteiger partial charge on any atom is 0.227 e. The number of aliphatic imine (C=N–C) groups is 1. The molecule has 0 bridgehead atoms. The molecule has 1 unspecified atom stereocenters. The van der Waals surface area contributed by atoms with Crippen molar-refractivity contribution in [1.82, 2.24) is 30.2 Å². The number of rotatable bonds is 13. The summed E-state index contributed by atoms with van der Waals surface area (Å²) in [7, 11) is 0.00717. The summed E-state index contributed by atoms with van der Waals surface area (Å²) in [6.07, 6.45) is 11.0. The predicted octanol–water partition coefficient (Wildman–Crippen LogP) is 4.02. The first kappa shape index (κ1) is 31.2. The van der Waals surface area contributed by atoms with Crippen LogP contribution in [0.15, 0.2) is 40.7 Å². The Morgan fingerprint density at radius 2 is 1.87 bits per heavy atom. The van der Waals surface area contributed by atoms with Gasteiger partial charge in [0.05, 0.1) is 53.7 Å². The number of carbonyl (C=O) groups excluding carboxylic acids is 1. The van der Waals surface area contributed by atoms with Crippen LogP contribution in [0.1, 0.15) is 69.0 Å². The lowest BCUT2D eigenvalue weighted by Crippen LogP contribution is -2.32. The number of hydrogen-bond donors (Lipinski definition) is 1. The van der Waals surface area contributed by atoms with Gasteiger partial charge in [0.25, 0.3) is 0 Å². The molecule has 3 aliphatic carbocycles. The second-order valence-electron chi connectivity index (χ2n) is 12.2. The van der Waals surface area contributed by atoms with Gasteiger partial charge in [-0.25, -0.2) is 33.3 Å². The molecule has 6 rings (SSSR count). The molecule has 3 fully saturated rings. The standard InChI is InChI=1S/C32H39N7O5S/c1-5-45(41,42)24-9-8-22(33-15-24)14-34-30(18(2)40)39-27-16-35-31(28-29(19-6-7-19)36-17-37-32(28)44-4)38-26(27)13-21-12-25(21)20-10-23(11-20)43-3/h8-9,15-17,19-21,23,25H,5-7,10-14H2,1-4H3,(H,34,39)/t20-,21-,23+,25?/m0/s1. The van der Waals surface area contributed by atoms with Crippen molar-refractivity contribution >= 4 is 27.1 Å². The van der Waals surface area contributed by atoms with Gasteiger partial charge in [-0.1, -0.05) is 6.92 Å². The normalized spacial score (nSPS) is 22.9. The fourth-order valence-electron chi connectivity index (χ4n) is 6.07. The van der Waals surface area contributed by atoms with Crippen molar-refractivity contribution in [3.8, 4) is 17.3 Å². The smallest absolute Gasteiger partial charge is 0.227 e. The summed E-state index contributed by atoms with van der Waals surface area (Å²) >= 11 is 0. The lowest BCUT2D eigenvalue weighted by Gasteiger charge is -2.34. The molecule has 13 heteroatoms. The molecule has 0 radical (unpaired) electrons. The fraction of sp³-hybridized carbons (Fsp3) is 0.531. The van der Waals surface area contributed by atoms with Gasteiger partial charge in [0, 0.05) is 26.1 Å². The molecule has 3 aromatic heterocycles. The van der Waals surface area contributed by atoms with Gasteiger partial charge < -0.3 is 14.8 Å². The molecular formula is C32H39N7O5S. The first-order valence-electron chi connectivity index (χ1n) is 15.5. The van der Waals surface area contributed by atoms with Crippen LogP contribution in [0.4, 0.5) is 5.69 Å². The monoisotopic (exact) mass is 633 g/mol. The van der Waals surface area contributed by atoms with Gasteiger partial charge in [0.1, 0.15) is 17.6 Å². The highest BCUT2D eigenvalue weighted by molar-refractivity contribution is 7.91. The number of ether oxygens (including phenoxy) is 2. The van der Waals surface area contributed by atoms with Gasteiger partial charge in [-0.05, 0) is 68.4 Å². The van der Waals surface area contributed by atoms with Crippen molar-refractivity contribution in [1.29, 1.82) is 0 Å². The van der Waals surface area contributed by atoms with Crippen LogP contribution >= 0.6 is 0 Å². The Kier molecular flexibility index (Phi) is 8.91. The molecule has 0 spiro atoms. The molecule has 2 atom stereocenters. The van der Waals surface area contributed by atoms with E-state index < -0.39 is 9.84 Å². The number of hydrogen-bond acceptors (Lipinski definition) is 11. The molecule has 3 saturated carbocycles. The molecule has 0 aliphatic heterocycles. The van der Waals surface area contributed by atoms with Crippen molar-refractivity contribution in [3.63, 3.8) is 0 Å². The average Bonchev–Trinajstić information content (AvgIpc) is 3.96. The molecule has 0 amide bonds. The van der Waals surface area contributed by atoms with E-state index >= 15 is 0 Å². The highest BCUT2D eigenvalue weighted by atomic mass is 32.2. The second-order valence-corrected chi connectivity index (χ2v) is 14.4. The topological polar surface area (TPSA) is 159 Å². The molecule has 1 N–H and O–H groups in total. The van der Waals surface area contributed by atoms with Crippen molar-refractivity contribution in [3.05, 3.63) is 47.9 Å². The summed E-state index contributed by atoms with van der Waals surface area (Å²) in [5.41, 5.74) is 3.45. The van der Waals surface area contributed by atoms with Crippen LogP contribution in [0.3, 0.4) is 0 Å². The average molecular weight is 634 g/mol. The Balaban J connectivity index is 1.29. The Hall–Kier alpha value is -3.84. The van der Waals surface area contributed by atoms with Crippen molar-refractivity contribution in [2.45, 2.75) is 75.8 Å². The third kappa shape index (κ3) is 6.89. The van der Waals surface area contributed by atoms with Crippen molar-refractivity contribution in [2.75, 3.05) is 20.0 Å². The summed E-state index contributed by atoms with van der Waals surface area (Å²) in [5.74, 6) is 2.91. The number of amidine groups is 1. The second kappa shape index (κ2) is 12.9. The van der Waals surface area contributed by atoms with Crippen LogP contribution in [0.25, 0.3) is 11.4 Å². The van der Waals surface area contributed by atoms with Crippen LogP contribution in [-0.2, 0) is 32.3 Å². The number of carbonyl (C=O) groups is 1. The van der Waals surface area contributed by atoms with Gasteiger partial charge in [0.15, 0.2) is 27.3 Å². The van der Waals surface area contributed by atoms with Crippen LogP contribution in [0, 0.1) is 17.8 Å². The van der Waals surface area contributed by atoms with E-state index in [4.69, 9.17) is 19.5 Å². The van der Waals surface area contributed by atoms with Crippen LogP contribution in [-0.4, -0.2) is 71.0 Å². The lowest BCUT2D eigenvalue weighted by molar-refractivity contribution is -0.111. The third-order valence-corrected chi connectivity index (χ3v) is 10.8. The van der Waals surface area contributed by atoms with E-state index in [0.29, 0.717) is 64.8 Å². The van der Waals surface area contributed by atoms with E-state index in [1.54, 1.807) is 33.4 Å². The summed E-state index contributed by atoms with van der Waals surface area (Å²) in [5, 5.41) is 3.08. The number of Topliss-reactive ketones (excluding diaryl/α,β-unsaturated/α-hetero) is 1. The van der Waals surface area contributed by atoms with Crippen LogP contribution in [0.2, 0.25) is 0 Å². The first-order chi connectivity index (χ1) is 21.7. The maximum atomic E-state index is 12.7. The molecule has 0 saturated heterocycles. The number of sulfone groups is 1. The largest absolute Gasteiger partial charge is 0.480 e. The van der Waals surface area contributed by atoms with Gasteiger partial charge in [0.2, 0.25) is 5.88 Å².